The van der Waals surface area contributed by atoms with Gasteiger partial charge < -0.3 is 10.3 Å². The standard InChI is InChI=1S/C14H9BrClN3O/c15-9-7-8(4-5-10(9)16)13-12(14(17)20-19-13)11-3-1-2-6-18-11/h1-7H,17H2. The molecule has 2 heterocycles. The van der Waals surface area contributed by atoms with Crippen LogP contribution in [-0.4, -0.2) is 10.1 Å². The van der Waals surface area contributed by atoms with Gasteiger partial charge in [0.2, 0.25) is 5.88 Å². The first-order chi connectivity index (χ1) is 9.66. The molecule has 0 radical (unpaired) electrons. The first-order valence-electron chi connectivity index (χ1n) is 5.79. The van der Waals surface area contributed by atoms with Gasteiger partial charge in [-0.15, -0.1) is 0 Å². The Balaban J connectivity index is 2.18. The Kier molecular flexibility index (Phi) is 3.46. The summed E-state index contributed by atoms with van der Waals surface area (Å²) >= 11 is 9.40. The molecule has 6 heteroatoms. The second kappa shape index (κ2) is 5.26. The fourth-order valence-electron chi connectivity index (χ4n) is 1.90. The predicted octanol–water partition coefficient (Wildman–Crippen LogP) is 4.40. The lowest BCUT2D eigenvalue weighted by Crippen LogP contribution is -1.90. The smallest absolute Gasteiger partial charge is 0.232 e. The Morgan fingerprint density at radius 1 is 1.20 bits per heavy atom. The number of nitrogens with zero attached hydrogens (tertiary/aromatic N) is 2. The number of hydrogen-bond acceptors (Lipinski definition) is 4. The summed E-state index contributed by atoms with van der Waals surface area (Å²) in [6.07, 6.45) is 1.70. The van der Waals surface area contributed by atoms with Crippen LogP contribution in [0.3, 0.4) is 0 Å². The number of pyridine rings is 1. The molecule has 0 fully saturated rings. The molecule has 0 aliphatic carbocycles. The van der Waals surface area contributed by atoms with Crippen LogP contribution in [0, 0.1) is 0 Å². The van der Waals surface area contributed by atoms with Gasteiger partial charge in [-0.25, -0.2) is 0 Å². The van der Waals surface area contributed by atoms with Crippen molar-refractivity contribution in [1.82, 2.24) is 10.1 Å². The van der Waals surface area contributed by atoms with Gasteiger partial charge >= 0.3 is 0 Å². The number of halogens is 2. The zero-order valence-electron chi connectivity index (χ0n) is 10.2. The minimum atomic E-state index is 0.241. The van der Waals surface area contributed by atoms with Crippen molar-refractivity contribution >= 4 is 33.4 Å². The molecule has 0 saturated carbocycles. The Bertz CT molecular complexity index is 758. The van der Waals surface area contributed by atoms with Gasteiger partial charge in [0.1, 0.15) is 5.69 Å². The lowest BCUT2D eigenvalue weighted by atomic mass is 10.0. The highest BCUT2D eigenvalue weighted by Crippen LogP contribution is 2.37. The van der Waals surface area contributed by atoms with Gasteiger partial charge in [-0.1, -0.05) is 28.9 Å². The van der Waals surface area contributed by atoms with Crippen LogP contribution < -0.4 is 5.73 Å². The number of nitrogen functional groups attached to an aromatic ring is 1. The van der Waals surface area contributed by atoms with E-state index in [4.69, 9.17) is 21.9 Å². The highest BCUT2D eigenvalue weighted by Gasteiger charge is 2.18. The molecule has 0 aliphatic heterocycles. The largest absolute Gasteiger partial charge is 0.367 e. The molecule has 0 aliphatic rings. The summed E-state index contributed by atoms with van der Waals surface area (Å²) in [4.78, 5) is 4.29. The van der Waals surface area contributed by atoms with E-state index >= 15 is 0 Å². The first kappa shape index (κ1) is 13.1. The molecule has 0 atom stereocenters. The van der Waals surface area contributed by atoms with Crippen LogP contribution >= 0.6 is 27.5 Å². The van der Waals surface area contributed by atoms with Crippen LogP contribution in [0.2, 0.25) is 5.02 Å². The number of aromatic nitrogens is 2. The molecule has 0 unspecified atom stereocenters. The minimum absolute atomic E-state index is 0.241. The fourth-order valence-corrected chi connectivity index (χ4v) is 2.40. The van der Waals surface area contributed by atoms with Gasteiger partial charge in [0.25, 0.3) is 0 Å². The summed E-state index contributed by atoms with van der Waals surface area (Å²) in [5.41, 5.74) is 8.75. The van der Waals surface area contributed by atoms with E-state index in [-0.39, 0.29) is 5.88 Å². The molecule has 3 rings (SSSR count). The summed E-state index contributed by atoms with van der Waals surface area (Å²) in [6, 6.07) is 11.1. The summed E-state index contributed by atoms with van der Waals surface area (Å²) in [6.45, 7) is 0. The van der Waals surface area contributed by atoms with Crippen molar-refractivity contribution in [3.05, 3.63) is 52.1 Å². The van der Waals surface area contributed by atoms with Crippen molar-refractivity contribution < 1.29 is 4.52 Å². The van der Waals surface area contributed by atoms with E-state index in [0.29, 0.717) is 22.0 Å². The van der Waals surface area contributed by atoms with Gasteiger partial charge in [-0.05, 0) is 40.2 Å². The van der Waals surface area contributed by atoms with Crippen LogP contribution in [0.5, 0.6) is 0 Å². The molecule has 4 nitrogen and oxygen atoms in total. The second-order valence-corrected chi connectivity index (χ2v) is 5.38. The third-order valence-electron chi connectivity index (χ3n) is 2.83. The van der Waals surface area contributed by atoms with Crippen molar-refractivity contribution in [3.8, 4) is 22.5 Å². The van der Waals surface area contributed by atoms with E-state index in [1.54, 1.807) is 12.3 Å². The number of anilines is 1. The van der Waals surface area contributed by atoms with Gasteiger partial charge in [0.05, 0.1) is 16.3 Å². The highest BCUT2D eigenvalue weighted by atomic mass is 79.9. The minimum Gasteiger partial charge on any atom is -0.367 e. The molecule has 2 N–H and O–H groups in total. The van der Waals surface area contributed by atoms with Crippen molar-refractivity contribution in [2.24, 2.45) is 0 Å². The zero-order valence-corrected chi connectivity index (χ0v) is 12.5. The third kappa shape index (κ3) is 2.30. The Morgan fingerprint density at radius 3 is 2.75 bits per heavy atom. The van der Waals surface area contributed by atoms with Crippen LogP contribution in [-0.2, 0) is 0 Å². The Labute approximate surface area is 128 Å². The first-order valence-corrected chi connectivity index (χ1v) is 6.96. The topological polar surface area (TPSA) is 64.9 Å². The molecule has 0 spiro atoms. The average Bonchev–Trinajstić information content (AvgIpc) is 2.85. The van der Waals surface area contributed by atoms with Crippen molar-refractivity contribution in [1.29, 1.82) is 0 Å². The molecule has 20 heavy (non-hydrogen) atoms. The maximum absolute atomic E-state index is 6.00. The van der Waals surface area contributed by atoms with Gasteiger partial charge in [0, 0.05) is 16.2 Å². The summed E-state index contributed by atoms with van der Waals surface area (Å²) in [5.74, 6) is 0.241. The van der Waals surface area contributed by atoms with Gasteiger partial charge in [-0.2, -0.15) is 0 Å². The van der Waals surface area contributed by atoms with Gasteiger partial charge in [0.15, 0.2) is 0 Å². The maximum Gasteiger partial charge on any atom is 0.232 e. The summed E-state index contributed by atoms with van der Waals surface area (Å²) < 4.78 is 5.90. The van der Waals surface area contributed by atoms with Crippen LogP contribution in [0.4, 0.5) is 5.88 Å². The number of benzene rings is 1. The van der Waals surface area contributed by atoms with Crippen LogP contribution in [0.1, 0.15) is 0 Å². The molecule has 2 aromatic heterocycles. The normalized spacial score (nSPS) is 10.7. The van der Waals surface area contributed by atoms with E-state index in [1.165, 1.54) is 0 Å². The van der Waals surface area contributed by atoms with Gasteiger partial charge in [-0.3, -0.25) is 4.98 Å². The Hall–Kier alpha value is -1.85. The van der Waals surface area contributed by atoms with E-state index in [1.807, 2.05) is 30.3 Å². The van der Waals surface area contributed by atoms with Crippen molar-refractivity contribution in [3.63, 3.8) is 0 Å². The molecular formula is C14H9BrClN3O. The molecule has 3 aromatic rings. The van der Waals surface area contributed by atoms with Crippen molar-refractivity contribution in [2.75, 3.05) is 5.73 Å². The zero-order chi connectivity index (χ0) is 14.1. The quantitative estimate of drug-likeness (QED) is 0.744. The maximum atomic E-state index is 6.00. The van der Waals surface area contributed by atoms with Crippen LogP contribution in [0.25, 0.3) is 22.5 Å². The molecule has 0 bridgehead atoms. The molecule has 0 amide bonds. The molecular weight excluding hydrogens is 342 g/mol. The lowest BCUT2D eigenvalue weighted by molar-refractivity contribution is 0.439. The number of rotatable bonds is 2. The van der Waals surface area contributed by atoms with E-state index in [0.717, 1.165) is 10.0 Å². The van der Waals surface area contributed by atoms with E-state index in [9.17, 15) is 0 Å². The summed E-state index contributed by atoms with van der Waals surface area (Å²) in [7, 11) is 0. The molecule has 0 saturated heterocycles. The third-order valence-corrected chi connectivity index (χ3v) is 4.05. The van der Waals surface area contributed by atoms with E-state index in [2.05, 4.69) is 26.1 Å². The van der Waals surface area contributed by atoms with Crippen LogP contribution in [0.15, 0.2) is 51.6 Å². The Morgan fingerprint density at radius 2 is 2.05 bits per heavy atom. The van der Waals surface area contributed by atoms with E-state index < -0.39 is 0 Å². The highest BCUT2D eigenvalue weighted by molar-refractivity contribution is 9.10. The lowest BCUT2D eigenvalue weighted by Gasteiger charge is -2.03. The SMILES string of the molecule is Nc1onc(-c2ccc(Cl)c(Br)c2)c1-c1ccccn1. The molecule has 100 valence electrons. The summed E-state index contributed by atoms with van der Waals surface area (Å²) in [5, 5.41) is 4.66. The fraction of sp³-hybridized carbons (Fsp3) is 0. The van der Waals surface area contributed by atoms with Crippen molar-refractivity contribution in [2.45, 2.75) is 0 Å². The predicted molar refractivity (Wildman–Crippen MR) is 82.3 cm³/mol. The number of hydrogen-bond donors (Lipinski definition) is 1. The average molecular weight is 351 g/mol. The second-order valence-electron chi connectivity index (χ2n) is 4.11. The number of nitrogens with two attached hydrogens (primary N) is 1. The monoisotopic (exact) mass is 349 g/mol. The molecule has 1 aromatic carbocycles.